The molecule has 1 atom stereocenters. The number of anilines is 3. The van der Waals surface area contributed by atoms with E-state index in [1.54, 1.807) is 28.9 Å². The van der Waals surface area contributed by atoms with Gasteiger partial charge in [-0.3, -0.25) is 18.9 Å². The quantitative estimate of drug-likeness (QED) is 0.524. The molecule has 4 aromatic rings. The van der Waals surface area contributed by atoms with Gasteiger partial charge in [0, 0.05) is 37.9 Å². The van der Waals surface area contributed by atoms with E-state index in [1.165, 1.54) is 12.1 Å². The summed E-state index contributed by atoms with van der Waals surface area (Å²) in [6.45, 7) is 1.97. The summed E-state index contributed by atoms with van der Waals surface area (Å²) in [6.07, 6.45) is 5.89. The highest BCUT2D eigenvalue weighted by Crippen LogP contribution is 2.39. The number of aromatic nitrogens is 5. The summed E-state index contributed by atoms with van der Waals surface area (Å²) >= 11 is 0. The number of hydrogen-bond acceptors (Lipinski definition) is 5. The number of amides is 1. The van der Waals surface area contributed by atoms with Gasteiger partial charge in [0.05, 0.1) is 11.7 Å². The Kier molecular flexibility index (Phi) is 4.05. The minimum absolute atomic E-state index is 0.0334. The third-order valence-electron chi connectivity index (χ3n) is 5.45. The molecule has 30 heavy (non-hydrogen) atoms. The van der Waals surface area contributed by atoms with E-state index in [1.807, 2.05) is 48.0 Å². The van der Waals surface area contributed by atoms with Crippen molar-refractivity contribution in [2.45, 2.75) is 19.4 Å². The van der Waals surface area contributed by atoms with Crippen molar-refractivity contribution in [3.05, 3.63) is 54.7 Å². The third kappa shape index (κ3) is 2.66. The molecule has 1 aromatic carbocycles. The van der Waals surface area contributed by atoms with E-state index in [2.05, 4.69) is 10.1 Å². The summed E-state index contributed by atoms with van der Waals surface area (Å²) < 4.78 is 17.1. The summed E-state index contributed by atoms with van der Waals surface area (Å²) in [5.41, 5.74) is 1.41. The fraction of sp³-hybridized carbons (Fsp3) is 0.238. The van der Waals surface area contributed by atoms with Gasteiger partial charge in [0.2, 0.25) is 11.9 Å². The second-order valence-corrected chi connectivity index (χ2v) is 7.31. The zero-order valence-corrected chi connectivity index (χ0v) is 16.8. The summed E-state index contributed by atoms with van der Waals surface area (Å²) in [5.74, 6) is 1.37. The van der Waals surface area contributed by atoms with Crippen LogP contribution in [0.5, 0.6) is 0 Å². The van der Waals surface area contributed by atoms with Crippen molar-refractivity contribution in [1.29, 1.82) is 0 Å². The number of benzene rings is 1. The highest BCUT2D eigenvalue weighted by Gasteiger charge is 2.39. The van der Waals surface area contributed by atoms with E-state index >= 15 is 0 Å². The maximum atomic E-state index is 13.6. The normalized spacial score (nSPS) is 16.4. The van der Waals surface area contributed by atoms with Crippen LogP contribution in [0.15, 0.2) is 48.9 Å². The summed E-state index contributed by atoms with van der Waals surface area (Å²) in [5, 5.41) is 5.27. The standard InChI is InChI=1S/C21H20FN7O/c1-4-15-20(30)27(3)17-12-23-21(24-19(17)29(15)18-8-9-26(2)25-18)28-10-7-13-11-14(22)5-6-16(13)28/h5-12,15H,4H2,1-3H3. The van der Waals surface area contributed by atoms with Crippen molar-refractivity contribution in [3.63, 3.8) is 0 Å². The van der Waals surface area contributed by atoms with Crippen molar-refractivity contribution < 1.29 is 9.18 Å². The molecule has 0 radical (unpaired) electrons. The molecule has 4 heterocycles. The maximum Gasteiger partial charge on any atom is 0.250 e. The fourth-order valence-electron chi connectivity index (χ4n) is 3.93. The van der Waals surface area contributed by atoms with Crippen LogP contribution in [0.25, 0.3) is 16.9 Å². The molecule has 0 aliphatic carbocycles. The minimum Gasteiger partial charge on any atom is -0.309 e. The molecule has 0 saturated heterocycles. The van der Waals surface area contributed by atoms with Crippen LogP contribution in [0.2, 0.25) is 0 Å². The van der Waals surface area contributed by atoms with Gasteiger partial charge in [0.25, 0.3) is 0 Å². The number of halogens is 1. The average Bonchev–Trinajstić information content (AvgIpc) is 3.35. The van der Waals surface area contributed by atoms with Gasteiger partial charge in [0.15, 0.2) is 11.6 Å². The third-order valence-corrected chi connectivity index (χ3v) is 5.45. The van der Waals surface area contributed by atoms with Crippen LogP contribution >= 0.6 is 0 Å². The molecule has 1 aliphatic rings. The maximum absolute atomic E-state index is 13.6. The van der Waals surface area contributed by atoms with Crippen molar-refractivity contribution in [2.75, 3.05) is 16.8 Å². The molecule has 1 unspecified atom stereocenters. The zero-order chi connectivity index (χ0) is 21.0. The number of aryl methyl sites for hydroxylation is 1. The number of likely N-dealkylation sites (N-methyl/N-ethyl adjacent to an activating group) is 1. The smallest absolute Gasteiger partial charge is 0.250 e. The van der Waals surface area contributed by atoms with Crippen molar-refractivity contribution in [1.82, 2.24) is 24.3 Å². The molecule has 152 valence electrons. The van der Waals surface area contributed by atoms with Gasteiger partial charge in [-0.25, -0.2) is 9.37 Å². The lowest BCUT2D eigenvalue weighted by atomic mass is 10.1. The first kappa shape index (κ1) is 18.3. The molecular weight excluding hydrogens is 385 g/mol. The minimum atomic E-state index is -0.421. The van der Waals surface area contributed by atoms with Gasteiger partial charge >= 0.3 is 0 Å². The molecule has 0 N–H and O–H groups in total. The van der Waals surface area contributed by atoms with Crippen LogP contribution in [0.1, 0.15) is 13.3 Å². The van der Waals surface area contributed by atoms with Gasteiger partial charge in [-0.15, -0.1) is 0 Å². The van der Waals surface area contributed by atoms with E-state index in [0.29, 0.717) is 29.7 Å². The van der Waals surface area contributed by atoms with Gasteiger partial charge in [-0.05, 0) is 30.7 Å². The molecule has 0 bridgehead atoms. The van der Waals surface area contributed by atoms with Gasteiger partial charge in [-0.2, -0.15) is 10.1 Å². The Bertz CT molecular complexity index is 1280. The van der Waals surface area contributed by atoms with Crippen molar-refractivity contribution >= 4 is 34.1 Å². The molecule has 3 aromatic heterocycles. The van der Waals surface area contributed by atoms with Crippen LogP contribution in [0, 0.1) is 5.82 Å². The van der Waals surface area contributed by atoms with Gasteiger partial charge in [0.1, 0.15) is 17.5 Å². The number of rotatable bonds is 3. The number of carbonyl (C=O) groups is 1. The first-order valence-electron chi connectivity index (χ1n) is 9.68. The Morgan fingerprint density at radius 1 is 1.13 bits per heavy atom. The predicted octanol–water partition coefficient (Wildman–Crippen LogP) is 3.19. The first-order valence-corrected chi connectivity index (χ1v) is 9.68. The van der Waals surface area contributed by atoms with E-state index in [4.69, 9.17) is 4.98 Å². The SMILES string of the molecule is CCC1C(=O)N(C)c2cnc(-n3ccc4cc(F)ccc43)nc2N1c1ccn(C)n1. The Balaban J connectivity index is 1.71. The Morgan fingerprint density at radius 3 is 2.70 bits per heavy atom. The molecule has 5 rings (SSSR count). The monoisotopic (exact) mass is 405 g/mol. The molecule has 1 aliphatic heterocycles. The largest absolute Gasteiger partial charge is 0.309 e. The van der Waals surface area contributed by atoms with Gasteiger partial charge in [-0.1, -0.05) is 6.92 Å². The number of hydrogen-bond donors (Lipinski definition) is 0. The number of carbonyl (C=O) groups excluding carboxylic acids is 1. The highest BCUT2D eigenvalue weighted by molar-refractivity contribution is 6.05. The van der Waals surface area contributed by atoms with E-state index in [9.17, 15) is 9.18 Å². The topological polar surface area (TPSA) is 72.1 Å². The van der Waals surface area contributed by atoms with Crippen LogP contribution in [0.3, 0.4) is 0 Å². The fourth-order valence-corrected chi connectivity index (χ4v) is 3.93. The Labute approximate surface area is 172 Å². The van der Waals surface area contributed by atoms with Crippen LogP contribution < -0.4 is 9.80 Å². The summed E-state index contributed by atoms with van der Waals surface area (Å²) in [4.78, 5) is 25.8. The Morgan fingerprint density at radius 2 is 1.97 bits per heavy atom. The summed E-state index contributed by atoms with van der Waals surface area (Å²) in [6, 6.07) is 7.86. The van der Waals surface area contributed by atoms with E-state index < -0.39 is 6.04 Å². The molecule has 0 spiro atoms. The lowest BCUT2D eigenvalue weighted by Crippen LogP contribution is -2.50. The highest BCUT2D eigenvalue weighted by atomic mass is 19.1. The van der Waals surface area contributed by atoms with Crippen LogP contribution in [-0.2, 0) is 11.8 Å². The van der Waals surface area contributed by atoms with Crippen molar-refractivity contribution in [3.8, 4) is 5.95 Å². The van der Waals surface area contributed by atoms with E-state index in [0.717, 1.165) is 10.9 Å². The molecule has 9 heteroatoms. The number of nitrogens with zero attached hydrogens (tertiary/aromatic N) is 7. The molecule has 0 saturated carbocycles. The van der Waals surface area contributed by atoms with Gasteiger partial charge < -0.3 is 4.90 Å². The first-order chi connectivity index (χ1) is 14.5. The van der Waals surface area contributed by atoms with Crippen molar-refractivity contribution in [2.24, 2.45) is 7.05 Å². The Hall–Kier alpha value is -3.75. The molecule has 1 amide bonds. The van der Waals surface area contributed by atoms with Crippen LogP contribution in [-0.4, -0.2) is 43.3 Å². The average molecular weight is 405 g/mol. The lowest BCUT2D eigenvalue weighted by Gasteiger charge is -2.39. The molecule has 8 nitrogen and oxygen atoms in total. The zero-order valence-electron chi connectivity index (χ0n) is 16.8. The summed E-state index contributed by atoms with van der Waals surface area (Å²) in [7, 11) is 3.57. The molecule has 0 fully saturated rings. The number of fused-ring (bicyclic) bond motifs is 2. The second kappa shape index (κ2) is 6.65. The second-order valence-electron chi connectivity index (χ2n) is 7.31. The lowest BCUT2D eigenvalue weighted by molar-refractivity contribution is -0.119. The predicted molar refractivity (Wildman–Crippen MR) is 112 cm³/mol. The van der Waals surface area contributed by atoms with Crippen LogP contribution in [0.4, 0.5) is 21.7 Å². The van der Waals surface area contributed by atoms with E-state index in [-0.39, 0.29) is 11.7 Å². The molecular formula is C21H20FN7O.